The topological polar surface area (TPSA) is 53.3 Å². The number of nitrogens with zero attached hydrogens (tertiary/aromatic N) is 2. The second-order valence-electron chi connectivity index (χ2n) is 4.35. The van der Waals surface area contributed by atoms with Gasteiger partial charge in [0.05, 0.1) is 4.83 Å². The monoisotopic (exact) mass is 334 g/mol. The average molecular weight is 335 g/mol. The quantitative estimate of drug-likeness (QED) is 0.795. The normalized spacial score (nSPS) is 18.4. The van der Waals surface area contributed by atoms with Crippen LogP contribution in [0, 0.1) is 11.3 Å². The highest BCUT2D eigenvalue weighted by atomic mass is 79.9. The minimum atomic E-state index is -0.135. The van der Waals surface area contributed by atoms with E-state index in [0.29, 0.717) is 18.7 Å². The van der Waals surface area contributed by atoms with Gasteiger partial charge in [-0.05, 0) is 43.2 Å². The van der Waals surface area contributed by atoms with Crippen molar-refractivity contribution in [3.63, 3.8) is 0 Å². The van der Waals surface area contributed by atoms with Crippen LogP contribution in [0.25, 0.3) is 5.70 Å². The van der Waals surface area contributed by atoms with Gasteiger partial charge in [-0.25, -0.2) is 0 Å². The minimum absolute atomic E-state index is 0.0346. The summed E-state index contributed by atoms with van der Waals surface area (Å²) in [4.78, 5) is 13.8. The molecule has 0 radical (unpaired) electrons. The maximum absolute atomic E-state index is 12.1. The van der Waals surface area contributed by atoms with Crippen molar-refractivity contribution in [1.82, 2.24) is 4.90 Å². The van der Waals surface area contributed by atoms with E-state index in [1.54, 1.807) is 4.90 Å². The van der Waals surface area contributed by atoms with E-state index in [0.717, 1.165) is 11.3 Å². The fourth-order valence-electron chi connectivity index (χ4n) is 2.15. The zero-order valence-electron chi connectivity index (χ0n) is 11.2. The van der Waals surface area contributed by atoms with Gasteiger partial charge in [0, 0.05) is 12.2 Å². The lowest BCUT2D eigenvalue weighted by Gasteiger charge is -2.30. The predicted molar refractivity (Wildman–Crippen MR) is 80.2 cm³/mol. The van der Waals surface area contributed by atoms with Gasteiger partial charge in [0.25, 0.3) is 0 Å². The molecule has 1 aliphatic heterocycles. The molecular formula is C15H15BrN2O2. The molecule has 2 rings (SSSR count). The van der Waals surface area contributed by atoms with E-state index in [-0.39, 0.29) is 17.3 Å². The van der Waals surface area contributed by atoms with Gasteiger partial charge in [-0.1, -0.05) is 22.0 Å². The van der Waals surface area contributed by atoms with Crippen LogP contribution in [0.15, 0.2) is 30.3 Å². The van der Waals surface area contributed by atoms with Crippen LogP contribution in [-0.4, -0.2) is 28.8 Å². The van der Waals surface area contributed by atoms with Crippen molar-refractivity contribution < 1.29 is 9.53 Å². The third kappa shape index (κ3) is 3.02. The van der Waals surface area contributed by atoms with Crippen molar-refractivity contribution in [2.45, 2.75) is 18.2 Å². The van der Waals surface area contributed by atoms with E-state index in [1.807, 2.05) is 37.3 Å². The van der Waals surface area contributed by atoms with Crippen molar-refractivity contribution in [2.75, 3.05) is 13.2 Å². The van der Waals surface area contributed by atoms with Crippen molar-refractivity contribution in [3.8, 4) is 11.8 Å². The second-order valence-corrected chi connectivity index (χ2v) is 5.45. The van der Waals surface area contributed by atoms with Gasteiger partial charge in [-0.3, -0.25) is 4.79 Å². The number of rotatable bonds is 4. The van der Waals surface area contributed by atoms with Crippen LogP contribution < -0.4 is 4.74 Å². The first-order valence-electron chi connectivity index (χ1n) is 6.43. The molecule has 0 saturated carbocycles. The van der Waals surface area contributed by atoms with Gasteiger partial charge < -0.3 is 9.64 Å². The molecule has 1 unspecified atom stereocenters. The number of ether oxygens (including phenoxy) is 1. The Morgan fingerprint density at radius 3 is 2.75 bits per heavy atom. The lowest BCUT2D eigenvalue weighted by Crippen LogP contribution is -2.38. The summed E-state index contributed by atoms with van der Waals surface area (Å²) in [6.07, 6.45) is 2.76. The van der Waals surface area contributed by atoms with E-state index < -0.39 is 0 Å². The number of nitriles is 1. The van der Waals surface area contributed by atoms with Crippen LogP contribution in [0.3, 0.4) is 0 Å². The van der Waals surface area contributed by atoms with Crippen molar-refractivity contribution in [2.24, 2.45) is 0 Å². The van der Waals surface area contributed by atoms with Crippen LogP contribution in [0.4, 0.5) is 0 Å². The first kappa shape index (κ1) is 14.6. The highest BCUT2D eigenvalue weighted by molar-refractivity contribution is 9.10. The Bertz CT molecular complexity index is 560. The molecule has 1 amide bonds. The molecule has 0 aliphatic carbocycles. The van der Waals surface area contributed by atoms with Gasteiger partial charge >= 0.3 is 0 Å². The van der Waals surface area contributed by atoms with Gasteiger partial charge in [0.2, 0.25) is 5.91 Å². The first-order valence-corrected chi connectivity index (χ1v) is 7.34. The number of carbonyl (C=O) groups excluding carboxylic acids is 1. The van der Waals surface area contributed by atoms with Crippen molar-refractivity contribution in [1.29, 1.82) is 5.26 Å². The number of carbonyl (C=O) groups is 1. The Labute approximate surface area is 126 Å². The van der Waals surface area contributed by atoms with E-state index in [1.165, 1.54) is 0 Å². The molecule has 1 aromatic rings. The van der Waals surface area contributed by atoms with Crippen molar-refractivity contribution >= 4 is 27.5 Å². The molecule has 104 valence electrons. The van der Waals surface area contributed by atoms with Gasteiger partial charge in [0.15, 0.2) is 6.61 Å². The van der Waals surface area contributed by atoms with Crippen LogP contribution >= 0.6 is 15.9 Å². The lowest BCUT2D eigenvalue weighted by molar-refractivity contribution is -0.127. The second kappa shape index (κ2) is 6.58. The molecule has 0 spiro atoms. The van der Waals surface area contributed by atoms with E-state index in [9.17, 15) is 4.79 Å². The van der Waals surface area contributed by atoms with Crippen molar-refractivity contribution in [3.05, 3.63) is 35.9 Å². The molecule has 1 aromatic carbocycles. The third-order valence-electron chi connectivity index (χ3n) is 3.11. The number of benzene rings is 1. The minimum Gasteiger partial charge on any atom is -0.479 e. The molecule has 1 atom stereocenters. The smallest absolute Gasteiger partial charge is 0.241 e. The van der Waals surface area contributed by atoms with Crippen LogP contribution in [0.2, 0.25) is 0 Å². The molecule has 20 heavy (non-hydrogen) atoms. The highest BCUT2D eigenvalue weighted by Gasteiger charge is 2.27. The van der Waals surface area contributed by atoms with Gasteiger partial charge in [-0.2, -0.15) is 5.26 Å². The Balaban J connectivity index is 2.22. The number of halogens is 1. The maximum atomic E-state index is 12.1. The zero-order chi connectivity index (χ0) is 14.5. The fourth-order valence-corrected chi connectivity index (χ4v) is 2.59. The van der Waals surface area contributed by atoms with E-state index >= 15 is 0 Å². The maximum Gasteiger partial charge on any atom is 0.241 e. The molecular weight excluding hydrogens is 320 g/mol. The number of hydrogen-bond acceptors (Lipinski definition) is 3. The molecule has 0 saturated heterocycles. The molecule has 0 aromatic heterocycles. The summed E-state index contributed by atoms with van der Waals surface area (Å²) in [6.45, 7) is 2.63. The summed E-state index contributed by atoms with van der Waals surface area (Å²) in [5.74, 6) is 0.745. The SMILES string of the molecule is CCN1C(=O)C(Br)CC=C1c1ccc(OCC#N)cc1. The van der Waals surface area contributed by atoms with Crippen LogP contribution in [0.1, 0.15) is 18.9 Å². The fraction of sp³-hybridized carbons (Fsp3) is 0.333. The summed E-state index contributed by atoms with van der Waals surface area (Å²) in [5, 5.41) is 8.47. The lowest BCUT2D eigenvalue weighted by atomic mass is 10.0. The molecule has 0 N–H and O–H groups in total. The summed E-state index contributed by atoms with van der Waals surface area (Å²) in [5.41, 5.74) is 1.91. The third-order valence-corrected chi connectivity index (χ3v) is 3.88. The molecule has 1 heterocycles. The number of alkyl halides is 1. The summed E-state index contributed by atoms with van der Waals surface area (Å²) in [7, 11) is 0. The number of allylic oxidation sites excluding steroid dienone is 1. The predicted octanol–water partition coefficient (Wildman–Crippen LogP) is 2.95. The molecule has 1 aliphatic rings. The Morgan fingerprint density at radius 1 is 1.45 bits per heavy atom. The summed E-state index contributed by atoms with van der Waals surface area (Å²) < 4.78 is 5.22. The molecule has 0 fully saturated rings. The summed E-state index contributed by atoms with van der Waals surface area (Å²) >= 11 is 3.39. The summed E-state index contributed by atoms with van der Waals surface area (Å²) in [6, 6.07) is 9.36. The average Bonchev–Trinajstić information content (AvgIpc) is 2.48. The molecule has 0 bridgehead atoms. The standard InChI is InChI=1S/C15H15BrN2O2/c1-2-18-14(8-7-13(16)15(18)19)11-3-5-12(6-4-11)20-10-9-17/h3-6,8,13H,2,7,10H2,1H3. The Hall–Kier alpha value is -1.80. The van der Waals surface area contributed by atoms with Gasteiger partial charge in [-0.15, -0.1) is 0 Å². The van der Waals surface area contributed by atoms with E-state index in [4.69, 9.17) is 10.00 Å². The molecule has 5 heteroatoms. The number of hydrogen-bond donors (Lipinski definition) is 0. The van der Waals surface area contributed by atoms with E-state index in [2.05, 4.69) is 22.0 Å². The number of amides is 1. The zero-order valence-corrected chi connectivity index (χ0v) is 12.8. The largest absolute Gasteiger partial charge is 0.479 e. The Morgan fingerprint density at radius 2 is 2.15 bits per heavy atom. The van der Waals surface area contributed by atoms with Gasteiger partial charge in [0.1, 0.15) is 11.8 Å². The molecule has 4 nitrogen and oxygen atoms in total. The van der Waals surface area contributed by atoms with Crippen LogP contribution in [0.5, 0.6) is 5.75 Å². The van der Waals surface area contributed by atoms with Crippen LogP contribution in [-0.2, 0) is 4.79 Å². The first-order chi connectivity index (χ1) is 9.67. The Kier molecular flexibility index (Phi) is 4.80. The highest BCUT2D eigenvalue weighted by Crippen LogP contribution is 2.29.